The summed E-state index contributed by atoms with van der Waals surface area (Å²) >= 11 is 0. The number of benzene rings is 1. The van der Waals surface area contributed by atoms with Crippen molar-refractivity contribution in [2.45, 2.75) is 6.42 Å². The van der Waals surface area contributed by atoms with E-state index in [9.17, 15) is 4.79 Å². The van der Waals surface area contributed by atoms with Crippen LogP contribution in [0.15, 0.2) is 30.5 Å². The summed E-state index contributed by atoms with van der Waals surface area (Å²) in [4.78, 5) is 15.9. The molecular formula is C14H14BN3O. The predicted molar refractivity (Wildman–Crippen MR) is 78.3 cm³/mol. The fraction of sp³-hybridized carbons (Fsp3) is 0.143. The fourth-order valence-corrected chi connectivity index (χ4v) is 2.41. The summed E-state index contributed by atoms with van der Waals surface area (Å²) < 4.78 is 0. The summed E-state index contributed by atoms with van der Waals surface area (Å²) in [7, 11) is 1.99. The van der Waals surface area contributed by atoms with Crippen molar-refractivity contribution >= 4 is 25.0 Å². The van der Waals surface area contributed by atoms with Crippen molar-refractivity contribution in [1.82, 2.24) is 10.3 Å². The molecule has 0 atom stereocenters. The van der Waals surface area contributed by atoms with E-state index in [0.717, 1.165) is 34.1 Å². The van der Waals surface area contributed by atoms with Crippen molar-refractivity contribution < 1.29 is 4.79 Å². The van der Waals surface area contributed by atoms with Gasteiger partial charge in [-0.1, -0.05) is 23.7 Å². The first-order chi connectivity index (χ1) is 9.15. The van der Waals surface area contributed by atoms with Crippen LogP contribution in [-0.2, 0) is 6.42 Å². The molecule has 5 heteroatoms. The highest BCUT2D eigenvalue weighted by atomic mass is 16.1. The molecule has 3 N–H and O–H groups in total. The molecule has 3 rings (SSSR count). The maximum absolute atomic E-state index is 11.7. The van der Waals surface area contributed by atoms with Gasteiger partial charge in [0, 0.05) is 23.9 Å². The molecule has 2 heterocycles. The Morgan fingerprint density at radius 1 is 1.26 bits per heavy atom. The first-order valence-corrected chi connectivity index (χ1v) is 6.29. The SMILES string of the molecule is Bc1cnc(N)c(-c2ccc3c(c2)CCNC3=O)c1. The molecule has 19 heavy (non-hydrogen) atoms. The molecule has 0 aliphatic carbocycles. The van der Waals surface area contributed by atoms with E-state index in [2.05, 4.69) is 10.3 Å². The molecule has 0 radical (unpaired) electrons. The van der Waals surface area contributed by atoms with Crippen LogP contribution >= 0.6 is 0 Å². The van der Waals surface area contributed by atoms with E-state index in [4.69, 9.17) is 5.73 Å². The molecule has 2 aromatic rings. The summed E-state index contributed by atoms with van der Waals surface area (Å²) in [5.41, 5.74) is 10.8. The zero-order valence-electron chi connectivity index (χ0n) is 10.7. The Labute approximate surface area is 112 Å². The molecule has 0 spiro atoms. The van der Waals surface area contributed by atoms with Gasteiger partial charge in [-0.15, -0.1) is 0 Å². The standard InChI is InChI=1S/C14H14BN3O/c15-10-6-12(13(16)18-7-10)8-1-2-11-9(5-8)3-4-17-14(11)19/h1-2,5-7H,3-4,15H2,(H2,16,18)(H,17,19). The molecule has 94 valence electrons. The molecule has 1 aliphatic heterocycles. The zero-order valence-corrected chi connectivity index (χ0v) is 10.7. The Balaban J connectivity index is 2.11. The van der Waals surface area contributed by atoms with Gasteiger partial charge >= 0.3 is 0 Å². The number of aromatic nitrogens is 1. The molecule has 0 saturated carbocycles. The third-order valence-corrected chi connectivity index (χ3v) is 3.40. The number of pyridine rings is 1. The number of carbonyl (C=O) groups is 1. The maximum atomic E-state index is 11.7. The number of hydrogen-bond donors (Lipinski definition) is 2. The number of amides is 1. The number of fused-ring (bicyclic) bond motifs is 1. The van der Waals surface area contributed by atoms with Gasteiger partial charge in [0.15, 0.2) is 0 Å². The Hall–Kier alpha value is -2.30. The Morgan fingerprint density at radius 3 is 2.95 bits per heavy atom. The molecule has 1 amide bonds. The van der Waals surface area contributed by atoms with Gasteiger partial charge in [-0.2, -0.15) is 0 Å². The lowest BCUT2D eigenvalue weighted by Crippen LogP contribution is -2.31. The van der Waals surface area contributed by atoms with Crippen LogP contribution in [0.5, 0.6) is 0 Å². The minimum Gasteiger partial charge on any atom is -0.383 e. The minimum atomic E-state index is 0.00291. The highest BCUT2D eigenvalue weighted by molar-refractivity contribution is 6.32. The van der Waals surface area contributed by atoms with Crippen LogP contribution in [0, 0.1) is 0 Å². The number of nitrogen functional groups attached to an aromatic ring is 1. The Bertz CT molecular complexity index is 670. The van der Waals surface area contributed by atoms with E-state index >= 15 is 0 Å². The molecule has 4 nitrogen and oxygen atoms in total. The van der Waals surface area contributed by atoms with Crippen molar-refractivity contribution in [2.24, 2.45) is 0 Å². The van der Waals surface area contributed by atoms with Gasteiger partial charge in [0.25, 0.3) is 5.91 Å². The Kier molecular flexibility index (Phi) is 2.74. The third-order valence-electron chi connectivity index (χ3n) is 3.40. The van der Waals surface area contributed by atoms with Gasteiger partial charge < -0.3 is 11.1 Å². The summed E-state index contributed by atoms with van der Waals surface area (Å²) in [5.74, 6) is 0.522. The van der Waals surface area contributed by atoms with E-state index in [-0.39, 0.29) is 5.91 Å². The van der Waals surface area contributed by atoms with Crippen LogP contribution in [-0.4, -0.2) is 25.3 Å². The second-order valence-corrected chi connectivity index (χ2v) is 4.82. The number of nitrogens with zero attached hydrogens (tertiary/aromatic N) is 1. The lowest BCUT2D eigenvalue weighted by Gasteiger charge is -2.17. The maximum Gasteiger partial charge on any atom is 0.251 e. The normalized spacial score (nSPS) is 13.8. The van der Waals surface area contributed by atoms with E-state index in [1.165, 1.54) is 0 Å². The first kappa shape index (κ1) is 11.8. The summed E-state index contributed by atoms with van der Waals surface area (Å²) in [6.45, 7) is 0.691. The average Bonchev–Trinajstić information content (AvgIpc) is 2.41. The molecule has 1 aliphatic rings. The van der Waals surface area contributed by atoms with Gasteiger partial charge in [0.2, 0.25) is 0 Å². The quantitative estimate of drug-likeness (QED) is 0.694. The summed E-state index contributed by atoms with van der Waals surface area (Å²) in [6, 6.07) is 7.85. The highest BCUT2D eigenvalue weighted by Crippen LogP contribution is 2.26. The molecule has 0 fully saturated rings. The second-order valence-electron chi connectivity index (χ2n) is 4.82. The average molecular weight is 251 g/mol. The number of rotatable bonds is 1. The highest BCUT2D eigenvalue weighted by Gasteiger charge is 2.17. The van der Waals surface area contributed by atoms with Crippen molar-refractivity contribution in [2.75, 3.05) is 12.3 Å². The van der Waals surface area contributed by atoms with Crippen LogP contribution in [0.3, 0.4) is 0 Å². The number of anilines is 1. The lowest BCUT2D eigenvalue weighted by atomic mass is 9.91. The van der Waals surface area contributed by atoms with Crippen LogP contribution in [0.25, 0.3) is 11.1 Å². The summed E-state index contributed by atoms with van der Waals surface area (Å²) in [6.07, 6.45) is 2.61. The van der Waals surface area contributed by atoms with E-state index < -0.39 is 0 Å². The monoisotopic (exact) mass is 251 g/mol. The van der Waals surface area contributed by atoms with Gasteiger partial charge in [-0.25, -0.2) is 4.98 Å². The van der Waals surface area contributed by atoms with Crippen LogP contribution < -0.4 is 16.5 Å². The van der Waals surface area contributed by atoms with Crippen LogP contribution in [0.1, 0.15) is 15.9 Å². The lowest BCUT2D eigenvalue weighted by molar-refractivity contribution is 0.0946. The zero-order chi connectivity index (χ0) is 13.4. The largest absolute Gasteiger partial charge is 0.383 e. The smallest absolute Gasteiger partial charge is 0.251 e. The summed E-state index contributed by atoms with van der Waals surface area (Å²) in [5, 5.41) is 2.84. The molecule has 1 aromatic heterocycles. The van der Waals surface area contributed by atoms with Crippen LogP contribution in [0.4, 0.5) is 5.82 Å². The van der Waals surface area contributed by atoms with Gasteiger partial charge in [-0.05, 0) is 23.6 Å². The fourth-order valence-electron chi connectivity index (χ4n) is 2.41. The first-order valence-electron chi connectivity index (χ1n) is 6.29. The number of nitrogens with one attached hydrogen (secondary N) is 1. The number of hydrogen-bond acceptors (Lipinski definition) is 3. The third kappa shape index (κ3) is 2.07. The molecular weight excluding hydrogens is 237 g/mol. The predicted octanol–water partition coefficient (Wildman–Crippen LogP) is -0.125. The molecule has 0 bridgehead atoms. The van der Waals surface area contributed by atoms with E-state index in [1.54, 1.807) is 6.20 Å². The van der Waals surface area contributed by atoms with Crippen molar-refractivity contribution in [3.8, 4) is 11.1 Å². The van der Waals surface area contributed by atoms with Gasteiger partial charge in [-0.3, -0.25) is 4.79 Å². The van der Waals surface area contributed by atoms with Crippen molar-refractivity contribution in [3.63, 3.8) is 0 Å². The molecule has 1 aromatic carbocycles. The van der Waals surface area contributed by atoms with Crippen LogP contribution in [0.2, 0.25) is 0 Å². The number of nitrogens with two attached hydrogens (primary N) is 1. The second kappa shape index (κ2) is 4.42. The van der Waals surface area contributed by atoms with Crippen molar-refractivity contribution in [1.29, 1.82) is 0 Å². The van der Waals surface area contributed by atoms with Gasteiger partial charge in [0.1, 0.15) is 13.7 Å². The Morgan fingerprint density at radius 2 is 2.11 bits per heavy atom. The molecule has 0 saturated heterocycles. The minimum absolute atomic E-state index is 0.00291. The van der Waals surface area contributed by atoms with Crippen molar-refractivity contribution in [3.05, 3.63) is 41.6 Å². The van der Waals surface area contributed by atoms with E-state index in [1.807, 2.05) is 32.1 Å². The van der Waals surface area contributed by atoms with E-state index in [0.29, 0.717) is 12.4 Å². The topological polar surface area (TPSA) is 68.0 Å². The van der Waals surface area contributed by atoms with Gasteiger partial charge in [0.05, 0.1) is 0 Å². The molecule has 0 unspecified atom stereocenters. The number of carbonyl (C=O) groups excluding carboxylic acids is 1.